The first kappa shape index (κ1) is 19.4. The highest BCUT2D eigenvalue weighted by Crippen LogP contribution is 2.33. The van der Waals surface area contributed by atoms with Crippen LogP contribution in [0.4, 0.5) is 0 Å². The SMILES string of the molecule is CCS(=O)c1ncnc2c1ncn2[C@H]1C[C@H](OC(C)=O)[C@@H](COC(C)=O)O1. The van der Waals surface area contributed by atoms with E-state index in [1.165, 1.54) is 26.5 Å². The Kier molecular flexibility index (Phi) is 5.80. The van der Waals surface area contributed by atoms with Crippen LogP contribution in [0.2, 0.25) is 0 Å². The second-order valence-corrected chi connectivity index (χ2v) is 7.61. The Morgan fingerprint density at radius 1 is 1.30 bits per heavy atom. The summed E-state index contributed by atoms with van der Waals surface area (Å²) < 4.78 is 30.1. The molecule has 2 aromatic heterocycles. The van der Waals surface area contributed by atoms with Crippen LogP contribution in [0.25, 0.3) is 11.2 Å². The van der Waals surface area contributed by atoms with Crippen LogP contribution >= 0.6 is 0 Å². The van der Waals surface area contributed by atoms with Gasteiger partial charge in [0.2, 0.25) is 0 Å². The summed E-state index contributed by atoms with van der Waals surface area (Å²) in [6, 6.07) is 0. The number of aromatic nitrogens is 4. The lowest BCUT2D eigenvalue weighted by molar-refractivity contribution is -0.155. The molecule has 0 N–H and O–H groups in total. The summed E-state index contributed by atoms with van der Waals surface area (Å²) in [6.07, 6.45) is 1.49. The highest BCUT2D eigenvalue weighted by atomic mass is 32.2. The van der Waals surface area contributed by atoms with Gasteiger partial charge in [0.05, 0.1) is 17.1 Å². The number of ether oxygens (including phenoxy) is 3. The molecule has 1 unspecified atom stereocenters. The van der Waals surface area contributed by atoms with Crippen molar-refractivity contribution in [3.63, 3.8) is 0 Å². The van der Waals surface area contributed by atoms with Crippen molar-refractivity contribution in [2.75, 3.05) is 12.4 Å². The van der Waals surface area contributed by atoms with Gasteiger partial charge < -0.3 is 14.2 Å². The van der Waals surface area contributed by atoms with Crippen molar-refractivity contribution in [2.24, 2.45) is 0 Å². The molecule has 0 spiro atoms. The fourth-order valence-electron chi connectivity index (χ4n) is 2.90. The van der Waals surface area contributed by atoms with Gasteiger partial charge in [0.15, 0.2) is 10.7 Å². The maximum Gasteiger partial charge on any atom is 0.303 e. The van der Waals surface area contributed by atoms with Crippen molar-refractivity contribution in [3.05, 3.63) is 12.7 Å². The third-order valence-corrected chi connectivity index (χ3v) is 5.32. The predicted molar refractivity (Wildman–Crippen MR) is 93.0 cm³/mol. The lowest BCUT2D eigenvalue weighted by Gasteiger charge is -2.17. The third kappa shape index (κ3) is 4.14. The first-order valence-electron chi connectivity index (χ1n) is 8.42. The smallest absolute Gasteiger partial charge is 0.303 e. The average molecular weight is 396 g/mol. The van der Waals surface area contributed by atoms with Crippen LogP contribution in [0.5, 0.6) is 0 Å². The fourth-order valence-corrected chi connectivity index (χ4v) is 3.70. The molecule has 0 bridgehead atoms. The summed E-state index contributed by atoms with van der Waals surface area (Å²) in [4.78, 5) is 35.1. The second-order valence-electron chi connectivity index (χ2n) is 5.95. The molecule has 27 heavy (non-hydrogen) atoms. The zero-order chi connectivity index (χ0) is 19.6. The number of rotatable bonds is 6. The molecule has 11 heteroatoms. The van der Waals surface area contributed by atoms with Crippen LogP contribution < -0.4 is 0 Å². The van der Waals surface area contributed by atoms with Gasteiger partial charge in [0.25, 0.3) is 0 Å². The molecular weight excluding hydrogens is 376 g/mol. The molecular formula is C16H20N4O6S. The summed E-state index contributed by atoms with van der Waals surface area (Å²) in [5.41, 5.74) is 0.912. The van der Waals surface area contributed by atoms with E-state index in [2.05, 4.69) is 15.0 Å². The van der Waals surface area contributed by atoms with Gasteiger partial charge in [0.1, 0.15) is 36.9 Å². The summed E-state index contributed by atoms with van der Waals surface area (Å²) in [7, 11) is -1.28. The molecule has 2 aromatic rings. The number of imidazole rings is 1. The molecule has 1 saturated heterocycles. The molecule has 10 nitrogen and oxygen atoms in total. The quantitative estimate of drug-likeness (QED) is 0.514. The predicted octanol–water partition coefficient (Wildman–Crippen LogP) is 0.736. The minimum atomic E-state index is -1.28. The molecule has 0 amide bonds. The van der Waals surface area contributed by atoms with Crippen molar-refractivity contribution < 1.29 is 28.0 Å². The number of hydrogen-bond acceptors (Lipinski definition) is 9. The lowest BCUT2D eigenvalue weighted by atomic mass is 10.2. The monoisotopic (exact) mass is 396 g/mol. The van der Waals surface area contributed by atoms with Crippen LogP contribution in [-0.4, -0.2) is 60.2 Å². The normalized spacial score (nSPS) is 23.3. The van der Waals surface area contributed by atoms with E-state index < -0.39 is 41.2 Å². The Morgan fingerprint density at radius 2 is 2.07 bits per heavy atom. The Labute approximate surface area is 157 Å². The largest absolute Gasteiger partial charge is 0.463 e. The number of carbonyl (C=O) groups excluding carboxylic acids is 2. The highest BCUT2D eigenvalue weighted by Gasteiger charge is 2.40. The molecule has 146 valence electrons. The van der Waals surface area contributed by atoms with E-state index in [4.69, 9.17) is 14.2 Å². The van der Waals surface area contributed by atoms with Crippen LogP contribution in [0.15, 0.2) is 17.7 Å². The van der Waals surface area contributed by atoms with Crippen molar-refractivity contribution >= 4 is 33.9 Å². The van der Waals surface area contributed by atoms with Gasteiger partial charge in [-0.1, -0.05) is 6.92 Å². The van der Waals surface area contributed by atoms with Crippen molar-refractivity contribution in [3.8, 4) is 0 Å². The van der Waals surface area contributed by atoms with E-state index in [9.17, 15) is 13.8 Å². The van der Waals surface area contributed by atoms with E-state index in [0.717, 1.165) is 0 Å². The molecule has 0 saturated carbocycles. The number of hydrogen-bond donors (Lipinski definition) is 0. The van der Waals surface area contributed by atoms with Gasteiger partial charge in [-0.3, -0.25) is 18.4 Å². The van der Waals surface area contributed by atoms with E-state index in [1.807, 2.05) is 0 Å². The third-order valence-electron chi connectivity index (χ3n) is 4.06. The fraction of sp³-hybridized carbons (Fsp3) is 0.562. The molecule has 3 rings (SSSR count). The minimum Gasteiger partial charge on any atom is -0.463 e. The van der Waals surface area contributed by atoms with Crippen molar-refractivity contribution in [2.45, 2.75) is 50.7 Å². The Hall–Kier alpha value is -2.40. The Morgan fingerprint density at radius 3 is 2.74 bits per heavy atom. The zero-order valence-electron chi connectivity index (χ0n) is 15.2. The van der Waals surface area contributed by atoms with Crippen LogP contribution in [0, 0.1) is 0 Å². The lowest BCUT2D eigenvalue weighted by Crippen LogP contribution is -2.31. The maximum atomic E-state index is 12.2. The van der Waals surface area contributed by atoms with E-state index in [0.29, 0.717) is 28.4 Å². The summed E-state index contributed by atoms with van der Waals surface area (Å²) in [6.45, 7) is 4.37. The zero-order valence-corrected chi connectivity index (χ0v) is 16.0. The molecule has 0 aliphatic carbocycles. The van der Waals surface area contributed by atoms with Gasteiger partial charge in [0, 0.05) is 26.0 Å². The molecule has 1 aliphatic heterocycles. The minimum absolute atomic E-state index is 0.0313. The van der Waals surface area contributed by atoms with Crippen LogP contribution in [0.3, 0.4) is 0 Å². The topological polar surface area (TPSA) is 123 Å². The summed E-state index contributed by atoms with van der Waals surface area (Å²) >= 11 is 0. The molecule has 1 aliphatic rings. The molecule has 3 heterocycles. The van der Waals surface area contributed by atoms with Gasteiger partial charge in [-0.05, 0) is 0 Å². The highest BCUT2D eigenvalue weighted by molar-refractivity contribution is 7.85. The van der Waals surface area contributed by atoms with E-state index in [1.54, 1.807) is 11.5 Å². The summed E-state index contributed by atoms with van der Waals surface area (Å²) in [5.74, 6) is -0.482. The van der Waals surface area contributed by atoms with Gasteiger partial charge >= 0.3 is 11.9 Å². The van der Waals surface area contributed by atoms with Gasteiger partial charge in [-0.2, -0.15) is 0 Å². The number of esters is 2. The van der Waals surface area contributed by atoms with E-state index in [-0.39, 0.29) is 6.61 Å². The number of nitrogens with zero attached hydrogens (tertiary/aromatic N) is 4. The van der Waals surface area contributed by atoms with Crippen molar-refractivity contribution in [1.29, 1.82) is 0 Å². The van der Waals surface area contributed by atoms with E-state index >= 15 is 0 Å². The Balaban J connectivity index is 1.88. The first-order valence-corrected chi connectivity index (χ1v) is 9.74. The Bertz CT molecular complexity index is 885. The standard InChI is InChI=1S/C16H20N4O6S/c1-4-27(23)16-14-15(17-7-18-16)20(8-19-14)13-5-11(25-10(3)22)12(26-13)6-24-9(2)21/h7-8,11-13H,4-6H2,1-3H3/t11-,12+,13+,27?/m0/s1. The van der Waals surface area contributed by atoms with Crippen LogP contribution in [-0.2, 0) is 34.6 Å². The molecule has 4 atom stereocenters. The summed E-state index contributed by atoms with van der Waals surface area (Å²) in [5, 5.41) is 0.368. The first-order chi connectivity index (χ1) is 12.9. The number of fused-ring (bicyclic) bond motifs is 1. The molecule has 0 aromatic carbocycles. The van der Waals surface area contributed by atoms with Gasteiger partial charge in [-0.25, -0.2) is 15.0 Å². The molecule has 0 radical (unpaired) electrons. The second kappa shape index (κ2) is 8.09. The number of carbonyl (C=O) groups is 2. The van der Waals surface area contributed by atoms with Crippen LogP contribution in [0.1, 0.15) is 33.4 Å². The molecule has 1 fully saturated rings. The maximum absolute atomic E-state index is 12.2. The van der Waals surface area contributed by atoms with Crippen molar-refractivity contribution in [1.82, 2.24) is 19.5 Å². The average Bonchev–Trinajstić information content (AvgIpc) is 3.22. The van der Waals surface area contributed by atoms with Gasteiger partial charge in [-0.15, -0.1) is 0 Å².